The number of imidazole rings is 1. The number of benzene rings is 1. The van der Waals surface area contributed by atoms with Gasteiger partial charge in [0.15, 0.2) is 17.4 Å². The van der Waals surface area contributed by atoms with Crippen molar-refractivity contribution in [3.63, 3.8) is 0 Å². The molecule has 2 aromatic heterocycles. The van der Waals surface area contributed by atoms with Crippen LogP contribution >= 0.6 is 11.8 Å². The predicted octanol–water partition coefficient (Wildman–Crippen LogP) is -0.305. The number of nitrogens with zero attached hydrogens (tertiary/aromatic N) is 3. The SMILES string of the molecule is Nc1nc2c(nc(N)n2[C@@H]2O[C@H](CSc3ccccc3)[C@@H](O)[C@H]2O)c(=O)[nH]1. The summed E-state index contributed by atoms with van der Waals surface area (Å²) < 4.78 is 7.13. The summed E-state index contributed by atoms with van der Waals surface area (Å²) in [6.45, 7) is 0. The van der Waals surface area contributed by atoms with Gasteiger partial charge in [-0.25, -0.2) is 4.98 Å². The summed E-state index contributed by atoms with van der Waals surface area (Å²) in [4.78, 5) is 23.4. The van der Waals surface area contributed by atoms with Gasteiger partial charge in [-0.15, -0.1) is 11.8 Å². The number of nitrogens with two attached hydrogens (primary N) is 2. The number of hydrogen-bond donors (Lipinski definition) is 5. The molecule has 1 fully saturated rings. The highest BCUT2D eigenvalue weighted by molar-refractivity contribution is 7.99. The third kappa shape index (κ3) is 3.14. The number of nitrogens with one attached hydrogen (secondary N) is 1. The third-order valence-corrected chi connectivity index (χ3v) is 5.45. The summed E-state index contributed by atoms with van der Waals surface area (Å²) in [5, 5.41) is 20.9. The first kappa shape index (κ1) is 17.8. The van der Waals surface area contributed by atoms with Crippen LogP contribution in [-0.4, -0.2) is 53.8 Å². The molecule has 4 atom stereocenters. The summed E-state index contributed by atoms with van der Waals surface area (Å²) >= 11 is 1.49. The van der Waals surface area contributed by atoms with Gasteiger partial charge in [-0.2, -0.15) is 4.98 Å². The lowest BCUT2D eigenvalue weighted by Crippen LogP contribution is -2.32. The van der Waals surface area contributed by atoms with Crippen molar-refractivity contribution in [2.75, 3.05) is 17.2 Å². The topological polar surface area (TPSA) is 165 Å². The van der Waals surface area contributed by atoms with Crippen LogP contribution in [-0.2, 0) is 4.74 Å². The first-order valence-electron chi connectivity index (χ1n) is 8.18. The lowest BCUT2D eigenvalue weighted by atomic mass is 10.1. The molecule has 0 spiro atoms. The van der Waals surface area contributed by atoms with Gasteiger partial charge in [0.1, 0.15) is 12.2 Å². The molecule has 7 N–H and O–H groups in total. The highest BCUT2D eigenvalue weighted by atomic mass is 32.2. The van der Waals surface area contributed by atoms with Crippen molar-refractivity contribution in [1.82, 2.24) is 19.5 Å². The Morgan fingerprint density at radius 1 is 1.19 bits per heavy atom. The highest BCUT2D eigenvalue weighted by Gasteiger charge is 2.45. The van der Waals surface area contributed by atoms with Gasteiger partial charge in [0, 0.05) is 10.6 Å². The Morgan fingerprint density at radius 2 is 1.93 bits per heavy atom. The molecule has 0 unspecified atom stereocenters. The first-order chi connectivity index (χ1) is 13.0. The van der Waals surface area contributed by atoms with Crippen molar-refractivity contribution < 1.29 is 14.9 Å². The minimum absolute atomic E-state index is 0.0194. The maximum absolute atomic E-state index is 12.0. The molecule has 3 heterocycles. The average molecular weight is 390 g/mol. The van der Waals surface area contributed by atoms with Gasteiger partial charge in [0.25, 0.3) is 5.56 Å². The molecule has 1 aliphatic rings. The summed E-state index contributed by atoms with van der Waals surface area (Å²) in [6.07, 6.45) is -4.10. The molecule has 0 aliphatic carbocycles. The maximum atomic E-state index is 12.0. The summed E-state index contributed by atoms with van der Waals surface area (Å²) in [5.74, 6) is 0.237. The quantitative estimate of drug-likeness (QED) is 0.376. The number of aromatic amines is 1. The number of rotatable bonds is 4. The molecule has 27 heavy (non-hydrogen) atoms. The largest absolute Gasteiger partial charge is 0.387 e. The van der Waals surface area contributed by atoms with E-state index in [0.29, 0.717) is 5.75 Å². The first-order valence-corrected chi connectivity index (χ1v) is 9.17. The maximum Gasteiger partial charge on any atom is 0.280 e. The minimum atomic E-state index is -1.27. The van der Waals surface area contributed by atoms with Gasteiger partial charge in [0.05, 0.1) is 6.10 Å². The molecule has 1 aromatic carbocycles. The second kappa shape index (κ2) is 6.85. The molecular weight excluding hydrogens is 372 g/mol. The number of hydrogen-bond acceptors (Lipinski definition) is 9. The molecule has 10 nitrogen and oxygen atoms in total. The van der Waals surface area contributed by atoms with E-state index >= 15 is 0 Å². The van der Waals surface area contributed by atoms with Crippen LogP contribution in [0.4, 0.5) is 11.9 Å². The van der Waals surface area contributed by atoms with Crippen molar-refractivity contribution in [2.45, 2.75) is 29.4 Å². The molecule has 0 saturated carbocycles. The van der Waals surface area contributed by atoms with E-state index < -0.39 is 30.1 Å². The highest BCUT2D eigenvalue weighted by Crippen LogP contribution is 2.35. The van der Waals surface area contributed by atoms with Gasteiger partial charge >= 0.3 is 0 Å². The number of nitrogen functional groups attached to an aromatic ring is 2. The van der Waals surface area contributed by atoms with E-state index in [-0.39, 0.29) is 23.1 Å². The van der Waals surface area contributed by atoms with Crippen LogP contribution in [0.2, 0.25) is 0 Å². The number of anilines is 2. The van der Waals surface area contributed by atoms with E-state index in [9.17, 15) is 15.0 Å². The van der Waals surface area contributed by atoms with Crippen LogP contribution in [0.15, 0.2) is 40.0 Å². The molecule has 0 radical (unpaired) electrons. The minimum Gasteiger partial charge on any atom is -0.387 e. The van der Waals surface area contributed by atoms with Crippen molar-refractivity contribution in [2.24, 2.45) is 0 Å². The second-order valence-electron chi connectivity index (χ2n) is 6.13. The number of aromatic nitrogens is 4. The van der Waals surface area contributed by atoms with E-state index in [1.165, 1.54) is 16.3 Å². The Balaban J connectivity index is 1.62. The third-order valence-electron chi connectivity index (χ3n) is 4.35. The monoisotopic (exact) mass is 390 g/mol. The number of ether oxygens (including phenoxy) is 1. The number of H-pyrrole nitrogens is 1. The number of aliphatic hydroxyl groups excluding tert-OH is 2. The molecule has 3 aromatic rings. The van der Waals surface area contributed by atoms with E-state index in [0.717, 1.165) is 4.90 Å². The zero-order chi connectivity index (χ0) is 19.1. The second-order valence-corrected chi connectivity index (χ2v) is 7.23. The average Bonchev–Trinajstić information content (AvgIpc) is 3.11. The fourth-order valence-electron chi connectivity index (χ4n) is 3.04. The standard InChI is InChI=1S/C16H18N6O4S/c17-15-20-12-9(13(25)21-15)19-16(18)22(12)14-11(24)10(23)8(26-14)6-27-7-4-2-1-3-5-7/h1-5,8,10-11,14,23-24H,6H2,(H2,18,19)(H3,17,20,21,25)/t8-,10-,11-,14-/m1/s1. The molecule has 1 saturated heterocycles. The molecule has 142 valence electrons. The van der Waals surface area contributed by atoms with Crippen LogP contribution in [0.5, 0.6) is 0 Å². The van der Waals surface area contributed by atoms with Crippen molar-refractivity contribution in [3.8, 4) is 0 Å². The van der Waals surface area contributed by atoms with E-state index in [4.69, 9.17) is 16.2 Å². The molecule has 0 amide bonds. The Morgan fingerprint density at radius 3 is 2.67 bits per heavy atom. The lowest BCUT2D eigenvalue weighted by Gasteiger charge is -2.17. The Hall–Kier alpha value is -2.60. The molecular formula is C16H18N6O4S. The number of thioether (sulfide) groups is 1. The summed E-state index contributed by atoms with van der Waals surface area (Å²) in [6, 6.07) is 9.63. The van der Waals surface area contributed by atoms with Crippen LogP contribution in [0, 0.1) is 0 Å². The zero-order valence-corrected chi connectivity index (χ0v) is 14.8. The van der Waals surface area contributed by atoms with Gasteiger partial charge in [0.2, 0.25) is 11.9 Å². The summed E-state index contributed by atoms with van der Waals surface area (Å²) in [7, 11) is 0. The lowest BCUT2D eigenvalue weighted by molar-refractivity contribution is -0.0275. The van der Waals surface area contributed by atoms with E-state index in [1.807, 2.05) is 30.3 Å². The zero-order valence-electron chi connectivity index (χ0n) is 14.0. The van der Waals surface area contributed by atoms with E-state index in [1.54, 1.807) is 0 Å². The van der Waals surface area contributed by atoms with Crippen LogP contribution in [0.1, 0.15) is 6.23 Å². The van der Waals surface area contributed by atoms with Gasteiger partial charge in [-0.05, 0) is 12.1 Å². The van der Waals surface area contributed by atoms with Gasteiger partial charge in [-0.1, -0.05) is 18.2 Å². The van der Waals surface area contributed by atoms with Crippen molar-refractivity contribution in [3.05, 3.63) is 40.7 Å². The van der Waals surface area contributed by atoms with Gasteiger partial charge in [-0.3, -0.25) is 14.3 Å². The predicted molar refractivity (Wildman–Crippen MR) is 100 cm³/mol. The summed E-state index contributed by atoms with van der Waals surface area (Å²) in [5.41, 5.74) is 11.0. The van der Waals surface area contributed by atoms with Crippen LogP contribution in [0.3, 0.4) is 0 Å². The Bertz CT molecular complexity index is 1020. The van der Waals surface area contributed by atoms with Crippen molar-refractivity contribution >= 4 is 34.8 Å². The molecule has 11 heteroatoms. The van der Waals surface area contributed by atoms with Gasteiger partial charge < -0.3 is 26.4 Å². The normalized spacial score (nSPS) is 25.3. The smallest absolute Gasteiger partial charge is 0.280 e. The van der Waals surface area contributed by atoms with E-state index in [2.05, 4.69) is 15.0 Å². The fourth-order valence-corrected chi connectivity index (χ4v) is 4.03. The van der Waals surface area contributed by atoms with Crippen molar-refractivity contribution in [1.29, 1.82) is 0 Å². The number of fused-ring (bicyclic) bond motifs is 1. The molecule has 0 bridgehead atoms. The fraction of sp³-hybridized carbons (Fsp3) is 0.312. The Kier molecular flexibility index (Phi) is 4.52. The van der Waals surface area contributed by atoms with Crippen LogP contribution < -0.4 is 17.0 Å². The molecule has 4 rings (SSSR count). The van der Waals surface area contributed by atoms with Crippen LogP contribution in [0.25, 0.3) is 11.2 Å². The molecule has 1 aliphatic heterocycles. The Labute approximate surface area is 157 Å². The number of aliphatic hydroxyl groups is 2.